The molecule has 0 amide bonds. The standard InChI is InChI=1S/C15H24N2O/c1-13-8-16-10-14(2,12(13)18)11-17(9-13)15(16)6-4-3-5-7-15/h3-11H2,1-2H3. The average Bonchev–Trinajstić information content (AvgIpc) is 2.32. The molecule has 0 aromatic heterocycles. The highest BCUT2D eigenvalue weighted by Gasteiger charge is 2.66. The summed E-state index contributed by atoms with van der Waals surface area (Å²) in [5.41, 5.74) is 0.153. The number of nitrogens with zero attached hydrogens (tertiary/aromatic N) is 2. The number of rotatable bonds is 0. The molecular weight excluding hydrogens is 224 g/mol. The molecule has 0 radical (unpaired) electrons. The third kappa shape index (κ3) is 1.16. The average molecular weight is 248 g/mol. The van der Waals surface area contributed by atoms with Gasteiger partial charge in [-0.2, -0.15) is 0 Å². The van der Waals surface area contributed by atoms with Crippen LogP contribution >= 0.6 is 0 Å². The van der Waals surface area contributed by atoms with Crippen LogP contribution in [0.1, 0.15) is 46.0 Å². The van der Waals surface area contributed by atoms with Crippen LogP contribution in [0.4, 0.5) is 0 Å². The third-order valence-electron chi connectivity index (χ3n) is 6.09. The van der Waals surface area contributed by atoms with Crippen LogP contribution in [0.5, 0.6) is 0 Å². The van der Waals surface area contributed by atoms with Gasteiger partial charge in [-0.3, -0.25) is 14.6 Å². The molecule has 5 aliphatic rings. The summed E-state index contributed by atoms with van der Waals surface area (Å²) in [4.78, 5) is 18.0. The van der Waals surface area contributed by atoms with Gasteiger partial charge in [0.1, 0.15) is 5.78 Å². The van der Waals surface area contributed by atoms with Gasteiger partial charge in [0, 0.05) is 26.2 Å². The zero-order valence-electron chi connectivity index (χ0n) is 11.7. The van der Waals surface area contributed by atoms with E-state index in [0.29, 0.717) is 11.4 Å². The number of hydrogen-bond donors (Lipinski definition) is 0. The van der Waals surface area contributed by atoms with Crippen LogP contribution < -0.4 is 0 Å². The molecule has 5 fully saturated rings. The smallest absolute Gasteiger partial charge is 0.149 e. The van der Waals surface area contributed by atoms with Gasteiger partial charge in [0.15, 0.2) is 0 Å². The summed E-state index contributed by atoms with van der Waals surface area (Å²) < 4.78 is 0. The number of Topliss-reactive ketones (excluding diaryl/α,β-unsaturated/α-hetero) is 1. The van der Waals surface area contributed by atoms with Gasteiger partial charge in [-0.1, -0.05) is 33.1 Å². The van der Waals surface area contributed by atoms with Crippen LogP contribution in [0, 0.1) is 10.8 Å². The summed E-state index contributed by atoms with van der Waals surface area (Å²) >= 11 is 0. The van der Waals surface area contributed by atoms with Crippen molar-refractivity contribution in [3.63, 3.8) is 0 Å². The van der Waals surface area contributed by atoms with E-state index in [4.69, 9.17) is 0 Å². The molecule has 1 aliphatic carbocycles. The summed E-state index contributed by atoms with van der Waals surface area (Å²) in [5, 5.41) is 0. The van der Waals surface area contributed by atoms with E-state index in [9.17, 15) is 4.79 Å². The number of carbonyl (C=O) groups excluding carboxylic acids is 1. The van der Waals surface area contributed by atoms with Gasteiger partial charge < -0.3 is 0 Å². The Bertz CT molecular complexity index is 369. The third-order valence-corrected chi connectivity index (χ3v) is 6.09. The SMILES string of the molecule is CC12CN3CC(C)(CN(C1)C31CCCCC1)C2=O. The summed E-state index contributed by atoms with van der Waals surface area (Å²) in [6, 6.07) is 0. The highest BCUT2D eigenvalue weighted by Crippen LogP contribution is 2.54. The molecule has 18 heavy (non-hydrogen) atoms. The second-order valence-electron chi connectivity index (χ2n) is 7.71. The lowest BCUT2D eigenvalue weighted by Crippen LogP contribution is -2.83. The molecule has 4 bridgehead atoms. The van der Waals surface area contributed by atoms with E-state index in [0.717, 1.165) is 26.2 Å². The molecule has 0 aromatic rings. The molecule has 4 aliphatic heterocycles. The van der Waals surface area contributed by atoms with Crippen molar-refractivity contribution in [1.82, 2.24) is 9.80 Å². The van der Waals surface area contributed by atoms with Crippen molar-refractivity contribution in [2.45, 2.75) is 51.6 Å². The lowest BCUT2D eigenvalue weighted by Gasteiger charge is -2.70. The Hall–Kier alpha value is -0.410. The Morgan fingerprint density at radius 3 is 1.72 bits per heavy atom. The summed E-state index contributed by atoms with van der Waals surface area (Å²) in [6.07, 6.45) is 6.79. The van der Waals surface area contributed by atoms with Gasteiger partial charge in [0.2, 0.25) is 0 Å². The quantitative estimate of drug-likeness (QED) is 0.654. The zero-order chi connectivity index (χ0) is 12.6. The van der Waals surface area contributed by atoms with Gasteiger partial charge in [-0.15, -0.1) is 0 Å². The number of hydrogen-bond acceptors (Lipinski definition) is 3. The van der Waals surface area contributed by atoms with Crippen molar-refractivity contribution in [2.75, 3.05) is 26.2 Å². The van der Waals surface area contributed by atoms with E-state index in [-0.39, 0.29) is 10.8 Å². The Morgan fingerprint density at radius 2 is 1.28 bits per heavy atom. The maximum Gasteiger partial charge on any atom is 0.149 e. The van der Waals surface area contributed by atoms with Crippen molar-refractivity contribution < 1.29 is 4.79 Å². The highest BCUT2D eigenvalue weighted by atomic mass is 16.1. The van der Waals surface area contributed by atoms with E-state index < -0.39 is 0 Å². The second-order valence-corrected chi connectivity index (χ2v) is 7.71. The fourth-order valence-corrected chi connectivity index (χ4v) is 5.45. The predicted octanol–water partition coefficient (Wildman–Crippen LogP) is 1.87. The van der Waals surface area contributed by atoms with Crippen LogP contribution in [0.15, 0.2) is 0 Å². The lowest BCUT2D eigenvalue weighted by atomic mass is 9.59. The molecule has 4 heterocycles. The van der Waals surface area contributed by atoms with Gasteiger partial charge in [0.05, 0.1) is 16.5 Å². The number of carbonyl (C=O) groups is 1. The first-order valence-electron chi connectivity index (χ1n) is 7.54. The van der Waals surface area contributed by atoms with E-state index >= 15 is 0 Å². The Balaban J connectivity index is 1.77. The van der Waals surface area contributed by atoms with Crippen LogP contribution in [0.3, 0.4) is 0 Å². The van der Waals surface area contributed by atoms with Crippen molar-refractivity contribution in [2.24, 2.45) is 10.8 Å². The topological polar surface area (TPSA) is 23.6 Å². The van der Waals surface area contributed by atoms with Crippen molar-refractivity contribution in [3.05, 3.63) is 0 Å². The van der Waals surface area contributed by atoms with Crippen LogP contribution in [0.25, 0.3) is 0 Å². The molecule has 0 N–H and O–H groups in total. The minimum absolute atomic E-state index is 0.0893. The number of ketones is 1. The summed E-state index contributed by atoms with van der Waals surface area (Å²) in [7, 11) is 0. The Kier molecular flexibility index (Phi) is 2.02. The molecule has 3 heteroatoms. The van der Waals surface area contributed by atoms with Crippen molar-refractivity contribution >= 4 is 5.78 Å². The minimum Gasteiger partial charge on any atom is -0.298 e. The summed E-state index contributed by atoms with van der Waals surface area (Å²) in [6.45, 7) is 8.44. The van der Waals surface area contributed by atoms with Crippen LogP contribution in [-0.4, -0.2) is 47.4 Å². The van der Waals surface area contributed by atoms with Gasteiger partial charge in [0.25, 0.3) is 0 Å². The Morgan fingerprint density at radius 1 is 0.833 bits per heavy atom. The fourth-order valence-electron chi connectivity index (χ4n) is 5.45. The molecular formula is C15H24N2O. The normalized spacial score (nSPS) is 53.1. The molecule has 1 spiro atoms. The predicted molar refractivity (Wildman–Crippen MR) is 70.2 cm³/mol. The van der Waals surface area contributed by atoms with E-state index in [1.54, 1.807) is 0 Å². The largest absolute Gasteiger partial charge is 0.298 e. The fraction of sp³-hybridized carbons (Fsp3) is 0.933. The molecule has 3 nitrogen and oxygen atoms in total. The van der Waals surface area contributed by atoms with Gasteiger partial charge in [-0.05, 0) is 12.8 Å². The maximum atomic E-state index is 12.6. The lowest BCUT2D eigenvalue weighted by molar-refractivity contribution is -0.237. The molecule has 1 saturated carbocycles. The Labute approximate surface area is 110 Å². The van der Waals surface area contributed by atoms with Crippen LogP contribution in [0.2, 0.25) is 0 Å². The molecule has 0 unspecified atom stereocenters. The second kappa shape index (κ2) is 3.18. The monoisotopic (exact) mass is 248 g/mol. The van der Waals surface area contributed by atoms with E-state index in [2.05, 4.69) is 23.6 Å². The first-order valence-corrected chi connectivity index (χ1v) is 7.54. The van der Waals surface area contributed by atoms with Gasteiger partial charge >= 0.3 is 0 Å². The molecule has 4 saturated heterocycles. The molecule has 0 aromatic carbocycles. The molecule has 0 atom stereocenters. The van der Waals surface area contributed by atoms with Crippen molar-refractivity contribution in [3.8, 4) is 0 Å². The first kappa shape index (κ1) is 11.4. The molecule has 100 valence electrons. The summed E-state index contributed by atoms with van der Waals surface area (Å²) in [5.74, 6) is 0.535. The van der Waals surface area contributed by atoms with Crippen molar-refractivity contribution in [1.29, 1.82) is 0 Å². The van der Waals surface area contributed by atoms with Gasteiger partial charge in [-0.25, -0.2) is 0 Å². The zero-order valence-corrected chi connectivity index (χ0v) is 11.7. The van der Waals surface area contributed by atoms with Crippen LogP contribution in [-0.2, 0) is 4.79 Å². The highest BCUT2D eigenvalue weighted by molar-refractivity contribution is 5.92. The minimum atomic E-state index is -0.0893. The van der Waals surface area contributed by atoms with E-state index in [1.165, 1.54) is 32.1 Å². The number of piperidine rings is 2. The first-order chi connectivity index (χ1) is 8.49. The maximum absolute atomic E-state index is 12.6. The molecule has 5 rings (SSSR count). The van der Waals surface area contributed by atoms with E-state index in [1.807, 2.05) is 0 Å².